The highest BCUT2D eigenvalue weighted by Gasteiger charge is 2.44. The van der Waals surface area contributed by atoms with Crippen LogP contribution in [0.15, 0.2) is 0 Å². The lowest BCUT2D eigenvalue weighted by Crippen LogP contribution is -2.55. The van der Waals surface area contributed by atoms with Crippen molar-refractivity contribution in [1.29, 1.82) is 0 Å². The molecule has 0 aromatic heterocycles. The Hall–Kier alpha value is -1.76. The fourth-order valence-electron chi connectivity index (χ4n) is 7.97. The summed E-state index contributed by atoms with van der Waals surface area (Å²) in [5, 5.41) is 15.7. The molecule has 0 spiro atoms. The molecule has 3 aliphatic rings. The normalized spacial score (nSPS) is 24.6. The first-order valence-corrected chi connectivity index (χ1v) is 20.1. The summed E-state index contributed by atoms with van der Waals surface area (Å²) in [5.74, 6) is -1.25. The molecular formula is C35H65N5O6S. The second-order valence-corrected chi connectivity index (χ2v) is 17.1. The molecule has 3 aliphatic carbocycles. The van der Waals surface area contributed by atoms with Gasteiger partial charge >= 0.3 is 0 Å². The van der Waals surface area contributed by atoms with Gasteiger partial charge in [0, 0.05) is 58.0 Å². The summed E-state index contributed by atoms with van der Waals surface area (Å²) in [6, 6.07) is -0.553. The zero-order valence-electron chi connectivity index (χ0n) is 29.9. The summed E-state index contributed by atoms with van der Waals surface area (Å²) in [4.78, 5) is 42.7. The van der Waals surface area contributed by atoms with Gasteiger partial charge in [0.15, 0.2) is 0 Å². The molecule has 0 radical (unpaired) electrons. The molecule has 47 heavy (non-hydrogen) atoms. The molecule has 12 heteroatoms. The van der Waals surface area contributed by atoms with Crippen molar-refractivity contribution in [3.8, 4) is 0 Å². The maximum atomic E-state index is 14.1. The topological polar surface area (TPSA) is 139 Å². The van der Waals surface area contributed by atoms with E-state index in [4.69, 9.17) is 0 Å². The number of hydrogen-bond donors (Lipinski definition) is 3. The molecule has 0 bridgehead atoms. The van der Waals surface area contributed by atoms with Crippen molar-refractivity contribution in [1.82, 2.24) is 25.0 Å². The lowest BCUT2D eigenvalue weighted by atomic mass is 9.79. The number of hydrogen-bond acceptors (Lipinski definition) is 7. The SMILES string of the molecule is CCCN(CCC)C(=O)C1CC(C(=O)NC(CC2CCCCC2)C(O)CN(CC)NC(=O)C2CCCCC2)CC(S(=O)(=O)N(C)C)C1. The van der Waals surface area contributed by atoms with E-state index in [2.05, 4.69) is 10.7 Å². The second kappa shape index (κ2) is 19.4. The van der Waals surface area contributed by atoms with Crippen LogP contribution in [0, 0.1) is 23.7 Å². The third-order valence-corrected chi connectivity index (χ3v) is 13.0. The number of rotatable bonds is 17. The number of aliphatic hydroxyl groups is 1. The van der Waals surface area contributed by atoms with Crippen molar-refractivity contribution in [2.75, 3.05) is 40.3 Å². The molecular weight excluding hydrogens is 618 g/mol. The molecule has 3 fully saturated rings. The molecule has 3 N–H and O–H groups in total. The Morgan fingerprint density at radius 1 is 0.787 bits per heavy atom. The quantitative estimate of drug-likeness (QED) is 0.197. The molecule has 3 saturated carbocycles. The van der Waals surface area contributed by atoms with Crippen LogP contribution in [0.25, 0.3) is 0 Å². The van der Waals surface area contributed by atoms with Gasteiger partial charge in [-0.05, 0) is 57.3 Å². The van der Waals surface area contributed by atoms with Crippen LogP contribution in [0.5, 0.6) is 0 Å². The zero-order chi connectivity index (χ0) is 34.6. The van der Waals surface area contributed by atoms with Gasteiger partial charge in [0.1, 0.15) is 0 Å². The van der Waals surface area contributed by atoms with Gasteiger partial charge < -0.3 is 15.3 Å². The maximum Gasteiger partial charge on any atom is 0.237 e. The maximum absolute atomic E-state index is 14.1. The van der Waals surface area contributed by atoms with E-state index in [0.29, 0.717) is 38.4 Å². The Balaban J connectivity index is 1.79. The van der Waals surface area contributed by atoms with Gasteiger partial charge in [-0.1, -0.05) is 72.1 Å². The number of aliphatic hydroxyl groups excluding tert-OH is 1. The van der Waals surface area contributed by atoms with Crippen LogP contribution in [-0.4, -0.2) is 103 Å². The minimum absolute atomic E-state index is 0.00198. The standard InChI is InChI=1S/C35H65N5O6S/c1-6-19-39(20-7-2)35(44)29-22-28(23-30(24-29)47(45,46)38(4)5)33(42)36-31(21-26-15-11-9-12-16-26)32(41)25-40(8-3)37-34(43)27-17-13-10-14-18-27/h26-32,41H,6-25H2,1-5H3,(H,36,42)(H,37,43). The van der Waals surface area contributed by atoms with Gasteiger partial charge in [-0.3, -0.25) is 19.8 Å². The monoisotopic (exact) mass is 683 g/mol. The van der Waals surface area contributed by atoms with E-state index in [0.717, 1.165) is 70.6 Å². The van der Waals surface area contributed by atoms with Crippen molar-refractivity contribution in [2.45, 2.75) is 141 Å². The van der Waals surface area contributed by atoms with Gasteiger partial charge in [0.2, 0.25) is 27.7 Å². The number of amides is 3. The molecule has 0 aromatic carbocycles. The average molecular weight is 684 g/mol. The molecule has 5 atom stereocenters. The van der Waals surface area contributed by atoms with E-state index in [1.165, 1.54) is 24.8 Å². The lowest BCUT2D eigenvalue weighted by Gasteiger charge is -2.38. The summed E-state index contributed by atoms with van der Waals surface area (Å²) in [5.41, 5.74) is 3.03. The van der Waals surface area contributed by atoms with Crippen LogP contribution >= 0.6 is 0 Å². The number of hydrazine groups is 1. The highest BCUT2D eigenvalue weighted by Crippen LogP contribution is 2.36. The van der Waals surface area contributed by atoms with Gasteiger partial charge in [-0.2, -0.15) is 0 Å². The van der Waals surface area contributed by atoms with Crippen molar-refractivity contribution in [3.05, 3.63) is 0 Å². The molecule has 0 heterocycles. The molecule has 3 rings (SSSR count). The predicted octanol–water partition coefficient (Wildman–Crippen LogP) is 4.06. The van der Waals surface area contributed by atoms with Crippen molar-refractivity contribution < 1.29 is 27.9 Å². The van der Waals surface area contributed by atoms with Crippen LogP contribution < -0.4 is 10.7 Å². The third-order valence-electron chi connectivity index (χ3n) is 10.8. The molecule has 0 aliphatic heterocycles. The van der Waals surface area contributed by atoms with E-state index >= 15 is 0 Å². The number of sulfonamides is 1. The van der Waals surface area contributed by atoms with Gasteiger partial charge in [-0.15, -0.1) is 0 Å². The Kier molecular flexibility index (Phi) is 16.4. The number of carbonyl (C=O) groups excluding carboxylic acids is 3. The van der Waals surface area contributed by atoms with Crippen LogP contribution in [0.2, 0.25) is 0 Å². The van der Waals surface area contributed by atoms with Crippen LogP contribution in [0.1, 0.15) is 124 Å². The Morgan fingerprint density at radius 3 is 1.91 bits per heavy atom. The molecule has 11 nitrogen and oxygen atoms in total. The minimum atomic E-state index is -3.70. The van der Waals surface area contributed by atoms with Gasteiger partial charge in [0.05, 0.1) is 17.4 Å². The van der Waals surface area contributed by atoms with Crippen LogP contribution in [-0.2, 0) is 24.4 Å². The van der Waals surface area contributed by atoms with E-state index in [1.54, 1.807) is 5.01 Å². The van der Waals surface area contributed by atoms with Crippen molar-refractivity contribution in [3.63, 3.8) is 0 Å². The highest BCUT2D eigenvalue weighted by atomic mass is 32.2. The Labute approximate surface area is 285 Å². The molecule has 5 unspecified atom stereocenters. The van der Waals surface area contributed by atoms with E-state index < -0.39 is 39.3 Å². The lowest BCUT2D eigenvalue weighted by molar-refractivity contribution is -0.139. The number of nitrogens with zero attached hydrogens (tertiary/aromatic N) is 3. The van der Waals surface area contributed by atoms with Gasteiger partial charge in [0.25, 0.3) is 0 Å². The zero-order valence-corrected chi connectivity index (χ0v) is 30.7. The number of carbonyl (C=O) groups is 3. The number of likely N-dealkylation sites (N-methyl/N-ethyl adjacent to an activating group) is 1. The third kappa shape index (κ3) is 11.7. The molecule has 3 amide bonds. The Bertz CT molecular complexity index is 1090. The summed E-state index contributed by atoms with van der Waals surface area (Å²) >= 11 is 0. The van der Waals surface area contributed by atoms with E-state index in [1.807, 2.05) is 25.7 Å². The van der Waals surface area contributed by atoms with E-state index in [9.17, 15) is 27.9 Å². The fourth-order valence-corrected chi connectivity index (χ4v) is 9.51. The van der Waals surface area contributed by atoms with Crippen LogP contribution in [0.4, 0.5) is 0 Å². The van der Waals surface area contributed by atoms with Crippen LogP contribution in [0.3, 0.4) is 0 Å². The molecule has 0 saturated heterocycles. The smallest absolute Gasteiger partial charge is 0.237 e. The minimum Gasteiger partial charge on any atom is -0.390 e. The first-order chi connectivity index (χ1) is 22.4. The number of nitrogens with one attached hydrogen (secondary N) is 2. The fraction of sp³-hybridized carbons (Fsp3) is 0.914. The first-order valence-electron chi connectivity index (χ1n) is 18.6. The summed E-state index contributed by atoms with van der Waals surface area (Å²) in [6.07, 6.45) is 12.5. The first kappa shape index (κ1) is 39.7. The van der Waals surface area contributed by atoms with Crippen molar-refractivity contribution in [2.24, 2.45) is 23.7 Å². The Morgan fingerprint density at radius 2 is 1.36 bits per heavy atom. The van der Waals surface area contributed by atoms with Gasteiger partial charge in [-0.25, -0.2) is 17.7 Å². The molecule has 0 aromatic rings. The summed E-state index contributed by atoms with van der Waals surface area (Å²) < 4.78 is 28.0. The average Bonchev–Trinajstić information content (AvgIpc) is 3.07. The highest BCUT2D eigenvalue weighted by molar-refractivity contribution is 7.89. The summed E-state index contributed by atoms with van der Waals surface area (Å²) in [7, 11) is -0.706. The second-order valence-electron chi connectivity index (χ2n) is 14.6. The molecule has 272 valence electrons. The largest absolute Gasteiger partial charge is 0.390 e. The van der Waals surface area contributed by atoms with E-state index in [-0.39, 0.29) is 43.0 Å². The van der Waals surface area contributed by atoms with Crippen molar-refractivity contribution >= 4 is 27.7 Å². The predicted molar refractivity (Wildman–Crippen MR) is 185 cm³/mol. The summed E-state index contributed by atoms with van der Waals surface area (Å²) in [6.45, 7) is 7.88.